The lowest BCUT2D eigenvalue weighted by Crippen LogP contribution is -2.44. The minimum Gasteiger partial charge on any atom is -0.481 e. The van der Waals surface area contributed by atoms with Crippen LogP contribution in [0.5, 0.6) is 0 Å². The summed E-state index contributed by atoms with van der Waals surface area (Å²) in [5, 5.41) is 12.6. The van der Waals surface area contributed by atoms with Crippen LogP contribution in [-0.4, -0.2) is 41.4 Å². The molecule has 0 radical (unpaired) electrons. The molecule has 0 unspecified atom stereocenters. The minimum atomic E-state index is -0.967. The molecule has 2 amide bonds. The number of carboxylic acid groups (broad SMARTS) is 1. The maximum Gasteiger partial charge on any atom is 0.310 e. The lowest BCUT2D eigenvalue weighted by molar-refractivity contribution is -0.159. The van der Waals surface area contributed by atoms with E-state index in [0.717, 1.165) is 6.42 Å². The number of likely N-dealkylation sites (N-methyl/N-ethyl adjacent to an activating group) is 1. The monoisotopic (exact) mass is 372 g/mol. The summed E-state index contributed by atoms with van der Waals surface area (Å²) in [6, 6.07) is 4.67. The van der Waals surface area contributed by atoms with Gasteiger partial charge < -0.3 is 15.3 Å². The van der Waals surface area contributed by atoms with Crippen LogP contribution < -0.4 is 5.32 Å². The van der Waals surface area contributed by atoms with Crippen molar-refractivity contribution in [1.82, 2.24) is 4.90 Å². The summed E-state index contributed by atoms with van der Waals surface area (Å²) in [7, 11) is 1.48. The Hall–Kier alpha value is -1.79. The molecule has 1 aromatic rings. The third-order valence-corrected chi connectivity index (χ3v) is 5.00. The Morgan fingerprint density at radius 2 is 1.92 bits per heavy atom. The van der Waals surface area contributed by atoms with Crippen molar-refractivity contribution in [2.45, 2.75) is 25.7 Å². The molecule has 0 aromatic heterocycles. The number of carbonyl (C=O) groups is 3. The molecule has 0 spiro atoms. The number of hydrogen-bond acceptors (Lipinski definition) is 3. The first kappa shape index (κ1) is 18.5. The van der Waals surface area contributed by atoms with E-state index in [0.29, 0.717) is 28.6 Å². The predicted molar refractivity (Wildman–Crippen MR) is 91.3 cm³/mol. The number of anilines is 1. The van der Waals surface area contributed by atoms with Gasteiger partial charge in [0.15, 0.2) is 0 Å². The van der Waals surface area contributed by atoms with Gasteiger partial charge in [-0.15, -0.1) is 0 Å². The third-order valence-electron chi connectivity index (χ3n) is 4.26. The summed E-state index contributed by atoms with van der Waals surface area (Å²) in [6.45, 7) is -0.172. The highest BCUT2D eigenvalue weighted by Gasteiger charge is 2.46. The first-order chi connectivity index (χ1) is 11.2. The van der Waals surface area contributed by atoms with Gasteiger partial charge in [-0.1, -0.05) is 29.6 Å². The van der Waals surface area contributed by atoms with E-state index < -0.39 is 17.3 Å². The van der Waals surface area contributed by atoms with Crippen LogP contribution in [0.3, 0.4) is 0 Å². The summed E-state index contributed by atoms with van der Waals surface area (Å²) in [5.74, 6) is -1.71. The molecular formula is C16H18Cl2N2O4. The number of benzene rings is 1. The molecule has 24 heavy (non-hydrogen) atoms. The first-order valence-electron chi connectivity index (χ1n) is 7.46. The van der Waals surface area contributed by atoms with Crippen molar-refractivity contribution in [2.24, 2.45) is 5.41 Å². The number of carbonyl (C=O) groups excluding carboxylic acids is 2. The highest BCUT2D eigenvalue weighted by Crippen LogP contribution is 2.44. The van der Waals surface area contributed by atoms with Gasteiger partial charge in [0.25, 0.3) is 0 Å². The van der Waals surface area contributed by atoms with Crippen LogP contribution in [0.4, 0.5) is 5.69 Å². The summed E-state index contributed by atoms with van der Waals surface area (Å²) < 4.78 is 0. The second-order valence-corrected chi connectivity index (χ2v) is 6.86. The van der Waals surface area contributed by atoms with Gasteiger partial charge in [-0.2, -0.15) is 0 Å². The summed E-state index contributed by atoms with van der Waals surface area (Å²) in [4.78, 5) is 36.7. The van der Waals surface area contributed by atoms with Crippen LogP contribution in [0.1, 0.15) is 25.7 Å². The zero-order chi connectivity index (χ0) is 17.9. The topological polar surface area (TPSA) is 86.7 Å². The van der Waals surface area contributed by atoms with Gasteiger partial charge >= 0.3 is 5.97 Å². The number of nitrogens with zero attached hydrogens (tertiary/aromatic N) is 1. The molecule has 2 N–H and O–H groups in total. The van der Waals surface area contributed by atoms with Gasteiger partial charge in [0.2, 0.25) is 11.8 Å². The lowest BCUT2D eigenvalue weighted by Gasteiger charge is -2.37. The van der Waals surface area contributed by atoms with E-state index in [-0.39, 0.29) is 18.9 Å². The SMILES string of the molecule is CN(CC(=O)Nc1ccc(Cl)c(Cl)c1)C(=O)CC1(C(=O)O)CCC1. The molecule has 1 saturated carbocycles. The second kappa shape index (κ2) is 7.40. The Balaban J connectivity index is 1.89. The van der Waals surface area contributed by atoms with Crippen LogP contribution in [0, 0.1) is 5.41 Å². The van der Waals surface area contributed by atoms with Crippen LogP contribution in [-0.2, 0) is 14.4 Å². The highest BCUT2D eigenvalue weighted by molar-refractivity contribution is 6.42. The molecule has 0 atom stereocenters. The van der Waals surface area contributed by atoms with E-state index in [2.05, 4.69) is 5.32 Å². The lowest BCUT2D eigenvalue weighted by atomic mass is 9.66. The molecule has 8 heteroatoms. The smallest absolute Gasteiger partial charge is 0.310 e. The highest BCUT2D eigenvalue weighted by atomic mass is 35.5. The predicted octanol–water partition coefficient (Wildman–Crippen LogP) is 3.04. The van der Waals surface area contributed by atoms with Crippen molar-refractivity contribution in [1.29, 1.82) is 0 Å². The number of aliphatic carboxylic acids is 1. The zero-order valence-corrected chi connectivity index (χ0v) is 14.7. The van der Waals surface area contributed by atoms with Gasteiger partial charge in [0, 0.05) is 19.2 Å². The molecule has 0 saturated heterocycles. The Labute approximate surface area is 149 Å². The molecule has 2 rings (SSSR count). The zero-order valence-electron chi connectivity index (χ0n) is 13.1. The molecule has 0 bridgehead atoms. The van der Waals surface area contributed by atoms with E-state index in [4.69, 9.17) is 23.2 Å². The second-order valence-electron chi connectivity index (χ2n) is 6.04. The van der Waals surface area contributed by atoms with Gasteiger partial charge in [0.1, 0.15) is 0 Å². The maximum absolute atomic E-state index is 12.2. The van der Waals surface area contributed by atoms with Crippen molar-refractivity contribution in [2.75, 3.05) is 18.9 Å². The van der Waals surface area contributed by atoms with Crippen molar-refractivity contribution < 1.29 is 19.5 Å². The van der Waals surface area contributed by atoms with Gasteiger partial charge in [-0.3, -0.25) is 14.4 Å². The number of rotatable bonds is 6. The number of amides is 2. The standard InChI is InChI=1S/C16H18Cl2N2O4/c1-20(14(22)8-16(15(23)24)5-2-6-16)9-13(21)19-10-3-4-11(17)12(18)7-10/h3-4,7H,2,5-6,8-9H2,1H3,(H,19,21)(H,23,24). The molecule has 1 aromatic carbocycles. The maximum atomic E-state index is 12.2. The first-order valence-corrected chi connectivity index (χ1v) is 8.21. The Morgan fingerprint density at radius 3 is 2.42 bits per heavy atom. The van der Waals surface area contributed by atoms with Crippen LogP contribution in [0.2, 0.25) is 10.0 Å². The van der Waals surface area contributed by atoms with Crippen LogP contribution in [0.15, 0.2) is 18.2 Å². The fourth-order valence-corrected chi connectivity index (χ4v) is 2.87. The Kier molecular flexibility index (Phi) is 5.72. The number of nitrogens with one attached hydrogen (secondary N) is 1. The molecule has 130 valence electrons. The average molecular weight is 373 g/mol. The van der Waals surface area contributed by atoms with E-state index in [1.165, 1.54) is 18.0 Å². The van der Waals surface area contributed by atoms with Gasteiger partial charge in [-0.25, -0.2) is 0 Å². The Morgan fingerprint density at radius 1 is 1.25 bits per heavy atom. The molecular weight excluding hydrogens is 355 g/mol. The van der Waals surface area contributed by atoms with Crippen LogP contribution in [0.25, 0.3) is 0 Å². The van der Waals surface area contributed by atoms with E-state index in [9.17, 15) is 19.5 Å². The van der Waals surface area contributed by atoms with Crippen molar-refractivity contribution in [3.63, 3.8) is 0 Å². The van der Waals surface area contributed by atoms with E-state index in [1.54, 1.807) is 12.1 Å². The van der Waals surface area contributed by atoms with Gasteiger partial charge in [-0.05, 0) is 31.0 Å². The number of carboxylic acids is 1. The third kappa shape index (κ3) is 4.19. The van der Waals surface area contributed by atoms with E-state index in [1.807, 2.05) is 0 Å². The average Bonchev–Trinajstić information content (AvgIpc) is 2.45. The normalized spacial score (nSPS) is 15.3. The number of halogens is 2. The van der Waals surface area contributed by atoms with Gasteiger partial charge in [0.05, 0.1) is 22.0 Å². The quantitative estimate of drug-likeness (QED) is 0.803. The fourth-order valence-electron chi connectivity index (χ4n) is 2.57. The van der Waals surface area contributed by atoms with Crippen molar-refractivity contribution in [3.8, 4) is 0 Å². The fraction of sp³-hybridized carbons (Fsp3) is 0.438. The molecule has 0 heterocycles. The van der Waals surface area contributed by atoms with Crippen molar-refractivity contribution >= 4 is 46.7 Å². The van der Waals surface area contributed by atoms with Crippen molar-refractivity contribution in [3.05, 3.63) is 28.2 Å². The minimum absolute atomic E-state index is 0.0844. The summed E-state index contributed by atoms with van der Waals surface area (Å²) in [6.07, 6.45) is 1.72. The molecule has 1 aliphatic rings. The molecule has 0 aliphatic heterocycles. The summed E-state index contributed by atoms with van der Waals surface area (Å²) >= 11 is 11.7. The number of hydrogen-bond donors (Lipinski definition) is 2. The van der Waals surface area contributed by atoms with Crippen LogP contribution >= 0.6 is 23.2 Å². The Bertz CT molecular complexity index is 674. The van der Waals surface area contributed by atoms with E-state index >= 15 is 0 Å². The molecule has 1 aliphatic carbocycles. The summed E-state index contributed by atoms with van der Waals surface area (Å²) in [5.41, 5.74) is -0.498. The largest absolute Gasteiger partial charge is 0.481 e. The molecule has 1 fully saturated rings. The molecule has 6 nitrogen and oxygen atoms in total.